The Morgan fingerprint density at radius 3 is 2.53 bits per heavy atom. The summed E-state index contributed by atoms with van der Waals surface area (Å²) in [5.41, 5.74) is 1.35. The average Bonchev–Trinajstić information content (AvgIpc) is 3.40. The Labute approximate surface area is 202 Å². The van der Waals surface area contributed by atoms with Crippen LogP contribution in [0.2, 0.25) is 0 Å². The van der Waals surface area contributed by atoms with E-state index in [1.54, 1.807) is 6.07 Å². The summed E-state index contributed by atoms with van der Waals surface area (Å²) in [7, 11) is -4.16. The molecule has 1 unspecified atom stereocenters. The normalized spacial score (nSPS) is 19.5. The number of likely N-dealkylation sites (tertiary alicyclic amines) is 1. The summed E-state index contributed by atoms with van der Waals surface area (Å²) in [6, 6.07) is 12.9. The summed E-state index contributed by atoms with van der Waals surface area (Å²) in [6.45, 7) is 7.69. The van der Waals surface area contributed by atoms with Gasteiger partial charge in [-0.15, -0.1) is 0 Å². The zero-order valence-corrected chi connectivity index (χ0v) is 20.9. The quantitative estimate of drug-likeness (QED) is 0.603. The van der Waals surface area contributed by atoms with Gasteiger partial charge in [0.25, 0.3) is 5.91 Å². The largest absolute Gasteiger partial charge is 0.487 e. The number of ether oxygens (including phenoxy) is 1. The monoisotopic (exact) mass is 491 g/mol. The van der Waals surface area contributed by atoms with E-state index in [2.05, 4.69) is 11.8 Å². The molecule has 9 heteroatoms. The fraction of sp³-hybridized carbons (Fsp3) is 0.480. The molecule has 2 aliphatic rings. The van der Waals surface area contributed by atoms with Crippen molar-refractivity contribution in [3.8, 4) is 5.75 Å². The van der Waals surface area contributed by atoms with E-state index in [9.17, 15) is 13.2 Å². The number of nitrogens with one attached hydrogen (secondary N) is 1. The van der Waals surface area contributed by atoms with Crippen molar-refractivity contribution in [1.82, 2.24) is 9.62 Å². The molecule has 0 spiro atoms. The molecule has 1 amide bonds. The van der Waals surface area contributed by atoms with Crippen LogP contribution in [-0.2, 0) is 28.0 Å². The van der Waals surface area contributed by atoms with Crippen LogP contribution in [0.25, 0.3) is 0 Å². The van der Waals surface area contributed by atoms with Crippen molar-refractivity contribution in [2.45, 2.75) is 59.1 Å². The van der Waals surface area contributed by atoms with E-state index in [-0.39, 0.29) is 18.0 Å². The van der Waals surface area contributed by atoms with E-state index in [0.717, 1.165) is 34.9 Å². The van der Waals surface area contributed by atoms with Gasteiger partial charge in [0, 0.05) is 12.6 Å². The predicted octanol–water partition coefficient (Wildman–Crippen LogP) is 4.03. The van der Waals surface area contributed by atoms with Crippen LogP contribution in [0.4, 0.5) is 10.1 Å². The first-order chi connectivity index (χ1) is 16.4. The molecule has 1 atom stereocenters. The Hall–Kier alpha value is -2.65. The van der Waals surface area contributed by atoms with Gasteiger partial charge in [-0.2, -0.15) is 8.42 Å². The lowest BCUT2D eigenvalue weighted by molar-refractivity contribution is -0.117. The fourth-order valence-electron chi connectivity index (χ4n) is 4.43. The maximum absolute atomic E-state index is 15.3. The minimum Gasteiger partial charge on any atom is -0.487 e. The van der Waals surface area contributed by atoms with Crippen LogP contribution in [0.1, 0.15) is 51.2 Å². The zero-order chi connectivity index (χ0) is 24.7. The van der Waals surface area contributed by atoms with E-state index in [4.69, 9.17) is 4.74 Å². The third kappa shape index (κ3) is 6.07. The molecule has 2 heterocycles. The van der Waals surface area contributed by atoms with Gasteiger partial charge >= 0.3 is 10.2 Å². The molecule has 0 aliphatic carbocycles. The van der Waals surface area contributed by atoms with E-state index in [1.165, 1.54) is 18.9 Å². The SMILES string of the molecule is CC.CCC1CCCN1CCc1cc(F)c(N2CC(=O)NS2(=O)=O)c(OCc2ccccc2)c1. The van der Waals surface area contributed by atoms with Crippen molar-refractivity contribution in [3.05, 3.63) is 59.4 Å². The molecule has 2 saturated heterocycles. The second kappa shape index (κ2) is 11.7. The van der Waals surface area contributed by atoms with Gasteiger partial charge in [-0.25, -0.2) is 13.4 Å². The molecule has 0 saturated carbocycles. The summed E-state index contributed by atoms with van der Waals surface area (Å²) < 4.78 is 48.5. The van der Waals surface area contributed by atoms with E-state index in [1.807, 2.05) is 48.9 Å². The molecule has 0 radical (unpaired) electrons. The van der Waals surface area contributed by atoms with Crippen molar-refractivity contribution in [3.63, 3.8) is 0 Å². The first-order valence-corrected chi connectivity index (χ1v) is 13.4. The first kappa shape index (κ1) is 26.0. The van der Waals surface area contributed by atoms with Crippen molar-refractivity contribution in [1.29, 1.82) is 0 Å². The van der Waals surface area contributed by atoms with Crippen LogP contribution in [0.3, 0.4) is 0 Å². The van der Waals surface area contributed by atoms with Crippen molar-refractivity contribution in [2.75, 3.05) is 23.9 Å². The van der Waals surface area contributed by atoms with Gasteiger partial charge in [0.1, 0.15) is 24.6 Å². The van der Waals surface area contributed by atoms with Gasteiger partial charge in [-0.05, 0) is 55.5 Å². The second-order valence-electron chi connectivity index (χ2n) is 8.23. The second-order valence-corrected chi connectivity index (χ2v) is 9.82. The number of hydrogen-bond acceptors (Lipinski definition) is 5. The molecule has 34 heavy (non-hydrogen) atoms. The Bertz CT molecular complexity index is 1080. The highest BCUT2D eigenvalue weighted by atomic mass is 32.2. The highest BCUT2D eigenvalue weighted by Gasteiger charge is 2.38. The molecule has 2 aromatic rings. The molecule has 2 aliphatic heterocycles. The highest BCUT2D eigenvalue weighted by molar-refractivity contribution is 7.92. The van der Waals surface area contributed by atoms with Gasteiger partial charge in [-0.3, -0.25) is 4.79 Å². The number of nitrogens with zero attached hydrogens (tertiary/aromatic N) is 2. The lowest BCUT2D eigenvalue weighted by Crippen LogP contribution is -2.31. The van der Waals surface area contributed by atoms with Gasteiger partial charge in [0.2, 0.25) is 0 Å². The molecule has 186 valence electrons. The van der Waals surface area contributed by atoms with Gasteiger partial charge in [0.15, 0.2) is 5.82 Å². The number of hydrogen-bond donors (Lipinski definition) is 1. The number of halogens is 1. The number of anilines is 1. The summed E-state index contributed by atoms with van der Waals surface area (Å²) in [5.74, 6) is -1.32. The van der Waals surface area contributed by atoms with Crippen LogP contribution in [0.5, 0.6) is 5.75 Å². The summed E-state index contributed by atoms with van der Waals surface area (Å²) in [6.07, 6.45) is 4.07. The molecule has 1 N–H and O–H groups in total. The van der Waals surface area contributed by atoms with Crippen LogP contribution in [0.15, 0.2) is 42.5 Å². The molecule has 0 bridgehead atoms. The Balaban J connectivity index is 0.00000158. The number of carbonyl (C=O) groups excluding carboxylic acids is 1. The minimum atomic E-state index is -4.16. The lowest BCUT2D eigenvalue weighted by Gasteiger charge is -2.24. The third-order valence-corrected chi connectivity index (χ3v) is 7.43. The number of amides is 1. The van der Waals surface area contributed by atoms with E-state index >= 15 is 4.39 Å². The molecule has 0 aromatic heterocycles. The Morgan fingerprint density at radius 2 is 1.88 bits per heavy atom. The van der Waals surface area contributed by atoms with Crippen molar-refractivity contribution >= 4 is 21.8 Å². The van der Waals surface area contributed by atoms with E-state index in [0.29, 0.717) is 12.5 Å². The molecular formula is C25H34FN3O4S. The van der Waals surface area contributed by atoms with Gasteiger partial charge < -0.3 is 9.64 Å². The van der Waals surface area contributed by atoms with Crippen molar-refractivity contribution < 1.29 is 22.3 Å². The van der Waals surface area contributed by atoms with Crippen LogP contribution < -0.4 is 13.8 Å². The smallest absolute Gasteiger partial charge is 0.326 e. The van der Waals surface area contributed by atoms with Crippen LogP contribution in [0, 0.1) is 5.82 Å². The molecule has 2 aromatic carbocycles. The average molecular weight is 492 g/mol. The summed E-state index contributed by atoms with van der Waals surface area (Å²) in [4.78, 5) is 14.1. The molecular weight excluding hydrogens is 457 g/mol. The first-order valence-electron chi connectivity index (χ1n) is 11.9. The number of benzene rings is 2. The van der Waals surface area contributed by atoms with Crippen molar-refractivity contribution in [2.24, 2.45) is 0 Å². The van der Waals surface area contributed by atoms with Crippen LogP contribution in [-0.4, -0.2) is 44.9 Å². The Kier molecular flexibility index (Phi) is 8.90. The summed E-state index contributed by atoms with van der Waals surface area (Å²) >= 11 is 0. The number of rotatable bonds is 8. The third-order valence-electron chi connectivity index (χ3n) is 6.05. The van der Waals surface area contributed by atoms with Gasteiger partial charge in [0.05, 0.1) is 0 Å². The summed E-state index contributed by atoms with van der Waals surface area (Å²) in [5, 5.41) is 0. The van der Waals surface area contributed by atoms with E-state index < -0.39 is 28.5 Å². The maximum Gasteiger partial charge on any atom is 0.326 e. The standard InChI is InChI=1S/C23H28FN3O4S.C2H6/c1-2-19-9-6-11-26(19)12-10-18-13-20(24)23(27-15-22(28)25-32(27,29)30)21(14-18)31-16-17-7-4-3-5-8-17;1-2/h3-5,7-8,13-14,19H,2,6,9-12,15-16H2,1H3,(H,25,28);1-2H3. The fourth-order valence-corrected chi connectivity index (χ4v) is 5.60. The highest BCUT2D eigenvalue weighted by Crippen LogP contribution is 2.36. The number of carbonyl (C=O) groups is 1. The minimum absolute atomic E-state index is 0.109. The topological polar surface area (TPSA) is 79.0 Å². The van der Waals surface area contributed by atoms with Crippen LogP contribution >= 0.6 is 0 Å². The Morgan fingerprint density at radius 1 is 1.15 bits per heavy atom. The predicted molar refractivity (Wildman–Crippen MR) is 132 cm³/mol. The molecule has 2 fully saturated rings. The maximum atomic E-state index is 15.3. The van der Waals surface area contributed by atoms with Gasteiger partial charge in [-0.1, -0.05) is 51.1 Å². The zero-order valence-electron chi connectivity index (χ0n) is 20.1. The lowest BCUT2D eigenvalue weighted by atomic mass is 10.1. The molecule has 7 nitrogen and oxygen atoms in total. The molecule has 4 rings (SSSR count).